The Bertz CT molecular complexity index is 623. The molecule has 0 spiro atoms. The third kappa shape index (κ3) is 3.79. The summed E-state index contributed by atoms with van der Waals surface area (Å²) in [7, 11) is -3.93. The minimum atomic E-state index is -3.93. The van der Waals surface area contributed by atoms with Crippen LogP contribution in [0.2, 0.25) is 10.0 Å². The van der Waals surface area contributed by atoms with Gasteiger partial charge < -0.3 is 5.73 Å². The lowest BCUT2D eigenvalue weighted by Gasteiger charge is -2.21. The molecule has 112 valence electrons. The number of nitrogens with two attached hydrogens (primary N) is 1. The van der Waals surface area contributed by atoms with Crippen molar-refractivity contribution in [3.63, 3.8) is 0 Å². The van der Waals surface area contributed by atoms with Gasteiger partial charge in [-0.25, -0.2) is 12.8 Å². The van der Waals surface area contributed by atoms with E-state index in [0.717, 1.165) is 10.4 Å². The van der Waals surface area contributed by atoms with Gasteiger partial charge in [0.15, 0.2) is 5.82 Å². The highest BCUT2D eigenvalue weighted by atomic mass is 35.5. The second-order valence-electron chi connectivity index (χ2n) is 3.89. The van der Waals surface area contributed by atoms with E-state index >= 15 is 0 Å². The molecule has 0 aromatic heterocycles. The lowest BCUT2D eigenvalue weighted by Crippen LogP contribution is -2.33. The first-order valence-electron chi connectivity index (χ1n) is 5.63. The van der Waals surface area contributed by atoms with Crippen molar-refractivity contribution in [2.75, 3.05) is 13.1 Å². The summed E-state index contributed by atoms with van der Waals surface area (Å²) in [5.41, 5.74) is 5.36. The Morgan fingerprint density at radius 1 is 1.45 bits per heavy atom. The van der Waals surface area contributed by atoms with E-state index in [-0.39, 0.29) is 34.4 Å². The lowest BCUT2D eigenvalue weighted by atomic mass is 10.3. The highest BCUT2D eigenvalue weighted by Gasteiger charge is 2.27. The van der Waals surface area contributed by atoms with Crippen LogP contribution < -0.4 is 5.73 Å². The van der Waals surface area contributed by atoms with Gasteiger partial charge in [-0.3, -0.25) is 0 Å². The molecule has 1 aromatic rings. The van der Waals surface area contributed by atoms with E-state index in [4.69, 9.17) is 41.2 Å². The quantitative estimate of drug-likeness (QED) is 0.627. The minimum absolute atomic E-state index is 0.106. The molecule has 0 saturated heterocycles. The van der Waals surface area contributed by atoms with Crippen LogP contribution in [0.15, 0.2) is 17.0 Å². The molecule has 0 aliphatic carbocycles. The van der Waals surface area contributed by atoms with Crippen LogP contribution >= 0.6 is 35.4 Å². The number of benzene rings is 1. The predicted octanol–water partition coefficient (Wildman–Crippen LogP) is 2.82. The fourth-order valence-electron chi connectivity index (χ4n) is 1.53. The van der Waals surface area contributed by atoms with Gasteiger partial charge in [-0.15, -0.1) is 0 Å². The van der Waals surface area contributed by atoms with Crippen LogP contribution in [-0.2, 0) is 10.0 Å². The first-order valence-corrected chi connectivity index (χ1v) is 8.24. The number of nitrogens with zero attached hydrogens (tertiary/aromatic N) is 1. The molecule has 0 fully saturated rings. The molecular formula is C11H13Cl2FN2O2S2. The van der Waals surface area contributed by atoms with E-state index in [2.05, 4.69) is 0 Å². The largest absolute Gasteiger partial charge is 0.393 e. The number of hydrogen-bond acceptors (Lipinski definition) is 3. The monoisotopic (exact) mass is 358 g/mol. The maximum Gasteiger partial charge on any atom is 0.244 e. The van der Waals surface area contributed by atoms with Gasteiger partial charge in [-0.2, -0.15) is 4.31 Å². The summed E-state index contributed by atoms with van der Waals surface area (Å²) in [5.74, 6) is -0.959. The van der Waals surface area contributed by atoms with Crippen molar-refractivity contribution in [2.45, 2.75) is 18.2 Å². The van der Waals surface area contributed by atoms with Gasteiger partial charge in [-0.1, -0.05) is 42.3 Å². The Balaban J connectivity index is 3.21. The number of sulfonamides is 1. The number of hydrogen-bond donors (Lipinski definition) is 1. The average Bonchev–Trinajstić information content (AvgIpc) is 2.35. The Morgan fingerprint density at radius 3 is 2.55 bits per heavy atom. The molecule has 1 rings (SSSR count). The van der Waals surface area contributed by atoms with Gasteiger partial charge in [0.25, 0.3) is 0 Å². The summed E-state index contributed by atoms with van der Waals surface area (Å²) < 4.78 is 39.6. The zero-order chi connectivity index (χ0) is 15.5. The van der Waals surface area contributed by atoms with Gasteiger partial charge >= 0.3 is 0 Å². The van der Waals surface area contributed by atoms with Crippen LogP contribution in [0.5, 0.6) is 0 Å². The van der Waals surface area contributed by atoms with Gasteiger partial charge in [0.2, 0.25) is 10.0 Å². The number of thiocarbonyl (C=S) groups is 1. The van der Waals surface area contributed by atoms with E-state index in [1.807, 2.05) is 0 Å². The Hall–Kier alpha value is -0.470. The summed E-state index contributed by atoms with van der Waals surface area (Å²) in [6.45, 7) is 1.94. The van der Waals surface area contributed by atoms with E-state index in [0.29, 0.717) is 0 Å². The third-order valence-electron chi connectivity index (χ3n) is 2.58. The molecule has 1 aromatic carbocycles. The van der Waals surface area contributed by atoms with Gasteiger partial charge in [0, 0.05) is 19.5 Å². The van der Waals surface area contributed by atoms with Gasteiger partial charge in [0.1, 0.15) is 4.90 Å². The minimum Gasteiger partial charge on any atom is -0.393 e. The van der Waals surface area contributed by atoms with Crippen LogP contribution in [0.4, 0.5) is 4.39 Å². The molecule has 0 aliphatic heterocycles. The summed E-state index contributed by atoms with van der Waals surface area (Å²) in [4.78, 5) is -0.127. The normalized spacial score (nSPS) is 11.8. The van der Waals surface area contributed by atoms with E-state index in [1.165, 1.54) is 6.07 Å². The maximum absolute atomic E-state index is 13.6. The molecule has 4 nitrogen and oxygen atoms in total. The standard InChI is InChI=1S/C11H13Cl2FN2O2S2/c1-2-16(6-5-9(15)19)20(17,18)8-4-3-7(12)11(14)10(8)13/h3-4H,2,5-6H2,1H3,(H2,15,19). The molecule has 0 atom stereocenters. The topological polar surface area (TPSA) is 63.4 Å². The van der Waals surface area contributed by atoms with Crippen LogP contribution in [0.25, 0.3) is 0 Å². The van der Waals surface area contributed by atoms with Crippen molar-refractivity contribution in [1.29, 1.82) is 0 Å². The van der Waals surface area contributed by atoms with Crippen LogP contribution in [-0.4, -0.2) is 30.8 Å². The van der Waals surface area contributed by atoms with Crippen LogP contribution in [0.3, 0.4) is 0 Å². The number of rotatable bonds is 6. The first-order chi connectivity index (χ1) is 9.21. The molecule has 2 N–H and O–H groups in total. The van der Waals surface area contributed by atoms with E-state index in [9.17, 15) is 12.8 Å². The zero-order valence-electron chi connectivity index (χ0n) is 10.6. The summed E-state index contributed by atoms with van der Waals surface area (Å²) in [6, 6.07) is 2.32. The van der Waals surface area contributed by atoms with E-state index < -0.39 is 20.9 Å². The second-order valence-corrected chi connectivity index (χ2v) is 7.10. The number of halogens is 3. The molecule has 0 bridgehead atoms. The fraction of sp³-hybridized carbons (Fsp3) is 0.364. The highest BCUT2D eigenvalue weighted by molar-refractivity contribution is 7.89. The molecule has 20 heavy (non-hydrogen) atoms. The Labute approximate surface area is 132 Å². The fourth-order valence-corrected chi connectivity index (χ4v) is 3.79. The zero-order valence-corrected chi connectivity index (χ0v) is 13.7. The average molecular weight is 359 g/mol. The third-order valence-corrected chi connectivity index (χ3v) is 5.57. The maximum atomic E-state index is 13.6. The molecule has 0 heterocycles. The van der Waals surface area contributed by atoms with Crippen LogP contribution in [0, 0.1) is 5.82 Å². The summed E-state index contributed by atoms with van der Waals surface area (Å²) in [5, 5.41) is -0.758. The van der Waals surface area contributed by atoms with Crippen molar-refractivity contribution in [3.05, 3.63) is 28.0 Å². The molecule has 0 radical (unpaired) electrons. The molecule has 9 heteroatoms. The summed E-state index contributed by atoms with van der Waals surface area (Å²) in [6.07, 6.45) is 0.232. The van der Waals surface area contributed by atoms with Crippen molar-refractivity contribution in [2.24, 2.45) is 5.73 Å². The smallest absolute Gasteiger partial charge is 0.244 e. The molecular weight excluding hydrogens is 346 g/mol. The molecule has 0 aliphatic rings. The van der Waals surface area contributed by atoms with Crippen molar-refractivity contribution >= 4 is 50.4 Å². The molecule has 0 saturated carbocycles. The van der Waals surface area contributed by atoms with Crippen LogP contribution in [0.1, 0.15) is 13.3 Å². The van der Waals surface area contributed by atoms with Crippen molar-refractivity contribution in [1.82, 2.24) is 4.31 Å². The molecule has 0 unspecified atom stereocenters. The lowest BCUT2D eigenvalue weighted by molar-refractivity contribution is 0.437. The van der Waals surface area contributed by atoms with Crippen molar-refractivity contribution < 1.29 is 12.8 Å². The van der Waals surface area contributed by atoms with Crippen molar-refractivity contribution in [3.8, 4) is 0 Å². The van der Waals surface area contributed by atoms with Gasteiger partial charge in [0.05, 0.1) is 15.0 Å². The Morgan fingerprint density at radius 2 is 2.05 bits per heavy atom. The van der Waals surface area contributed by atoms with E-state index in [1.54, 1.807) is 6.92 Å². The predicted molar refractivity (Wildman–Crippen MR) is 82.3 cm³/mol. The van der Waals surface area contributed by atoms with Gasteiger partial charge in [-0.05, 0) is 12.1 Å². The second kappa shape index (κ2) is 7.00. The highest BCUT2D eigenvalue weighted by Crippen LogP contribution is 2.31. The molecule has 0 amide bonds. The first kappa shape index (κ1) is 17.6. The SMILES string of the molecule is CCN(CCC(N)=S)S(=O)(=O)c1ccc(Cl)c(F)c1Cl. The summed E-state index contributed by atoms with van der Waals surface area (Å²) >= 11 is 16.0. The Kier molecular flexibility index (Phi) is 6.15.